The number of hydrogen-bond donors (Lipinski definition) is 1. The van der Waals surface area contributed by atoms with Crippen LogP contribution in [0.1, 0.15) is 19.8 Å². The summed E-state index contributed by atoms with van der Waals surface area (Å²) in [6, 6.07) is 0. The molecule has 0 amide bonds. The van der Waals surface area contributed by atoms with Gasteiger partial charge in [0.2, 0.25) is 0 Å². The van der Waals surface area contributed by atoms with Crippen LogP contribution in [0.3, 0.4) is 0 Å². The van der Waals surface area contributed by atoms with Crippen LogP contribution in [-0.4, -0.2) is 29.3 Å². The molecule has 0 atom stereocenters. The summed E-state index contributed by atoms with van der Waals surface area (Å²) in [6.07, 6.45) is 8.49. The van der Waals surface area contributed by atoms with Gasteiger partial charge in [-0.25, -0.2) is 0 Å². The van der Waals surface area contributed by atoms with E-state index < -0.39 is 0 Å². The average Bonchev–Trinajstić information content (AvgIpc) is 2.21. The van der Waals surface area contributed by atoms with E-state index in [0.29, 0.717) is 0 Å². The van der Waals surface area contributed by atoms with E-state index in [1.165, 1.54) is 5.57 Å². The second kappa shape index (κ2) is 5.91. The molecule has 1 rings (SSSR count). The summed E-state index contributed by atoms with van der Waals surface area (Å²) < 4.78 is 0. The van der Waals surface area contributed by atoms with Gasteiger partial charge in [0.05, 0.1) is 5.04 Å². The largest absolute Gasteiger partial charge is 0.377 e. The van der Waals surface area contributed by atoms with Gasteiger partial charge in [0.15, 0.2) is 0 Å². The maximum atomic E-state index is 7.50. The second-order valence-electron chi connectivity index (χ2n) is 3.41. The number of allylic oxidation sites excluding steroid dienone is 2. The molecule has 1 aliphatic heterocycles. The lowest BCUT2D eigenvalue weighted by Crippen LogP contribution is -2.13. The van der Waals surface area contributed by atoms with E-state index in [1.54, 1.807) is 11.8 Å². The first kappa shape index (κ1) is 11.4. The van der Waals surface area contributed by atoms with E-state index in [-0.39, 0.29) is 0 Å². The van der Waals surface area contributed by atoms with Crippen molar-refractivity contribution in [1.82, 2.24) is 4.90 Å². The predicted octanol–water partition coefficient (Wildman–Crippen LogP) is 2.88. The molecule has 2 nitrogen and oxygen atoms in total. The molecule has 1 aliphatic rings. The SMILES string of the molecule is CCC(=N)SCCC1=CCN(C)C=C1. The average molecular weight is 210 g/mol. The molecule has 78 valence electrons. The standard InChI is InChI=1S/C11H18N2S/c1-3-11(12)14-9-6-10-4-7-13(2)8-5-10/h4-5,7,12H,3,6,8-9H2,1-2H3. The molecule has 1 heterocycles. The summed E-state index contributed by atoms with van der Waals surface area (Å²) in [6.45, 7) is 3.05. The molecule has 0 fully saturated rings. The van der Waals surface area contributed by atoms with Gasteiger partial charge in [0, 0.05) is 19.3 Å². The summed E-state index contributed by atoms with van der Waals surface area (Å²) in [5.74, 6) is 1.03. The van der Waals surface area contributed by atoms with Crippen LogP contribution in [0.5, 0.6) is 0 Å². The molecule has 0 aliphatic carbocycles. The third-order valence-electron chi connectivity index (χ3n) is 2.17. The van der Waals surface area contributed by atoms with E-state index in [2.05, 4.69) is 30.3 Å². The Morgan fingerprint density at radius 3 is 3.00 bits per heavy atom. The third kappa shape index (κ3) is 4.01. The summed E-state index contributed by atoms with van der Waals surface area (Å²) in [4.78, 5) is 2.16. The van der Waals surface area contributed by atoms with E-state index in [4.69, 9.17) is 5.41 Å². The monoisotopic (exact) mass is 210 g/mol. The minimum absolute atomic E-state index is 0.794. The fraction of sp³-hybridized carbons (Fsp3) is 0.545. The molecule has 0 aromatic rings. The zero-order chi connectivity index (χ0) is 10.4. The van der Waals surface area contributed by atoms with Crippen molar-refractivity contribution in [2.75, 3.05) is 19.3 Å². The van der Waals surface area contributed by atoms with Crippen molar-refractivity contribution in [3.05, 3.63) is 23.9 Å². The normalized spacial score (nSPS) is 15.6. The second-order valence-corrected chi connectivity index (χ2v) is 4.60. The Labute approximate surface area is 90.6 Å². The van der Waals surface area contributed by atoms with Crippen LogP contribution < -0.4 is 0 Å². The number of nitrogens with one attached hydrogen (secondary N) is 1. The number of likely N-dealkylation sites (N-methyl/N-ethyl adjacent to an activating group) is 1. The molecule has 0 aromatic heterocycles. The molecular formula is C11H18N2S. The topological polar surface area (TPSA) is 27.1 Å². The predicted molar refractivity (Wildman–Crippen MR) is 64.9 cm³/mol. The first-order valence-electron chi connectivity index (χ1n) is 5.00. The number of nitrogens with zero attached hydrogens (tertiary/aromatic N) is 1. The maximum Gasteiger partial charge on any atom is 0.0638 e. The van der Waals surface area contributed by atoms with Gasteiger partial charge >= 0.3 is 0 Å². The van der Waals surface area contributed by atoms with Gasteiger partial charge in [-0.15, -0.1) is 11.8 Å². The number of hydrogen-bond acceptors (Lipinski definition) is 3. The van der Waals surface area contributed by atoms with Crippen molar-refractivity contribution in [1.29, 1.82) is 5.41 Å². The minimum atomic E-state index is 0.794. The van der Waals surface area contributed by atoms with Crippen molar-refractivity contribution in [2.45, 2.75) is 19.8 Å². The maximum absolute atomic E-state index is 7.50. The van der Waals surface area contributed by atoms with Crippen LogP contribution >= 0.6 is 11.8 Å². The molecule has 14 heavy (non-hydrogen) atoms. The molecule has 0 unspecified atom stereocenters. The van der Waals surface area contributed by atoms with Gasteiger partial charge in [0.1, 0.15) is 0 Å². The van der Waals surface area contributed by atoms with Crippen LogP contribution in [-0.2, 0) is 0 Å². The highest BCUT2D eigenvalue weighted by molar-refractivity contribution is 8.13. The lowest BCUT2D eigenvalue weighted by Gasteiger charge is -2.16. The van der Waals surface area contributed by atoms with E-state index >= 15 is 0 Å². The minimum Gasteiger partial charge on any atom is -0.377 e. The molecule has 0 aromatic carbocycles. The Hall–Kier alpha value is -0.700. The van der Waals surface area contributed by atoms with Crippen LogP contribution in [0.25, 0.3) is 0 Å². The highest BCUT2D eigenvalue weighted by Gasteiger charge is 2.01. The van der Waals surface area contributed by atoms with Crippen LogP contribution in [0.2, 0.25) is 0 Å². The molecule has 1 N–H and O–H groups in total. The molecule has 0 saturated heterocycles. The number of rotatable bonds is 4. The van der Waals surface area contributed by atoms with Crippen molar-refractivity contribution < 1.29 is 0 Å². The molecule has 0 bridgehead atoms. The van der Waals surface area contributed by atoms with E-state index in [1.807, 2.05) is 6.92 Å². The zero-order valence-corrected chi connectivity index (χ0v) is 9.73. The van der Waals surface area contributed by atoms with Gasteiger partial charge in [-0.1, -0.05) is 13.0 Å². The summed E-state index contributed by atoms with van der Waals surface area (Å²) >= 11 is 1.67. The van der Waals surface area contributed by atoms with Crippen LogP contribution in [0, 0.1) is 5.41 Å². The van der Waals surface area contributed by atoms with Crippen LogP contribution in [0.15, 0.2) is 23.9 Å². The Morgan fingerprint density at radius 1 is 1.64 bits per heavy atom. The Balaban J connectivity index is 2.20. The van der Waals surface area contributed by atoms with E-state index in [0.717, 1.165) is 30.2 Å². The van der Waals surface area contributed by atoms with Gasteiger partial charge in [0.25, 0.3) is 0 Å². The fourth-order valence-electron chi connectivity index (χ4n) is 1.19. The summed E-state index contributed by atoms with van der Waals surface area (Å²) in [5, 5.41) is 8.30. The first-order valence-corrected chi connectivity index (χ1v) is 5.98. The molecule has 0 saturated carbocycles. The zero-order valence-electron chi connectivity index (χ0n) is 8.92. The Bertz CT molecular complexity index is 256. The lowest BCUT2D eigenvalue weighted by atomic mass is 10.1. The molecule has 3 heteroatoms. The Kier molecular flexibility index (Phi) is 4.80. The van der Waals surface area contributed by atoms with Gasteiger partial charge in [-0.3, -0.25) is 5.41 Å². The van der Waals surface area contributed by atoms with Crippen molar-refractivity contribution >= 4 is 16.8 Å². The lowest BCUT2D eigenvalue weighted by molar-refractivity contribution is 0.501. The summed E-state index contributed by atoms with van der Waals surface area (Å²) in [7, 11) is 2.07. The Morgan fingerprint density at radius 2 is 2.43 bits per heavy atom. The molecule has 0 spiro atoms. The first-order chi connectivity index (χ1) is 6.72. The summed E-state index contributed by atoms with van der Waals surface area (Å²) in [5.41, 5.74) is 1.40. The van der Waals surface area contributed by atoms with Crippen molar-refractivity contribution in [2.24, 2.45) is 0 Å². The number of thioether (sulfide) groups is 1. The van der Waals surface area contributed by atoms with Crippen molar-refractivity contribution in [3.63, 3.8) is 0 Å². The quantitative estimate of drug-likeness (QED) is 0.570. The molecular weight excluding hydrogens is 192 g/mol. The smallest absolute Gasteiger partial charge is 0.0638 e. The van der Waals surface area contributed by atoms with Gasteiger partial charge in [-0.05, 0) is 30.7 Å². The highest BCUT2D eigenvalue weighted by atomic mass is 32.2. The van der Waals surface area contributed by atoms with Gasteiger partial charge < -0.3 is 4.90 Å². The van der Waals surface area contributed by atoms with Crippen molar-refractivity contribution in [3.8, 4) is 0 Å². The van der Waals surface area contributed by atoms with E-state index in [9.17, 15) is 0 Å². The van der Waals surface area contributed by atoms with Gasteiger partial charge in [-0.2, -0.15) is 0 Å². The molecule has 0 radical (unpaired) electrons. The third-order valence-corrected chi connectivity index (χ3v) is 3.22. The fourth-order valence-corrected chi connectivity index (χ4v) is 1.98. The van der Waals surface area contributed by atoms with Crippen LogP contribution in [0.4, 0.5) is 0 Å². The highest BCUT2D eigenvalue weighted by Crippen LogP contribution is 2.15.